The topological polar surface area (TPSA) is 41.1 Å². The highest BCUT2D eigenvalue weighted by Crippen LogP contribution is 2.13. The van der Waals surface area contributed by atoms with Crippen LogP contribution in [0.5, 0.6) is 0 Å². The number of nitrogens with one attached hydrogen (secondary N) is 2. The lowest BCUT2D eigenvalue weighted by atomic mass is 10.0. The number of thiocarbonyl (C=S) groups is 1. The highest BCUT2D eigenvalue weighted by Gasteiger charge is 2.07. The number of rotatable bonds is 16. The second kappa shape index (κ2) is 17.9. The molecule has 0 radical (unpaired) electrons. The van der Waals surface area contributed by atoms with Gasteiger partial charge in [-0.25, -0.2) is 0 Å². The van der Waals surface area contributed by atoms with Gasteiger partial charge in [0.15, 0.2) is 5.11 Å². The van der Waals surface area contributed by atoms with Crippen molar-refractivity contribution in [1.29, 1.82) is 0 Å². The molecule has 0 bridgehead atoms. The molecule has 1 aromatic rings. The largest absolute Gasteiger partial charge is 0.362 e. The number of unbranched alkanes of at least 4 members (excludes halogenated alkanes) is 13. The van der Waals surface area contributed by atoms with Gasteiger partial charge >= 0.3 is 0 Å². The van der Waals surface area contributed by atoms with Crippen LogP contribution in [-0.2, 0) is 0 Å². The minimum absolute atomic E-state index is 0.176. The SMILES string of the molecule is CCCCCCCCCCCCCCCCNC(=S)NC(=O)c1cccc(Br)c1. The van der Waals surface area contributed by atoms with E-state index in [2.05, 4.69) is 33.5 Å². The van der Waals surface area contributed by atoms with Gasteiger partial charge in [0.25, 0.3) is 5.91 Å². The van der Waals surface area contributed by atoms with Crippen LogP contribution in [0.25, 0.3) is 0 Å². The zero-order valence-corrected chi connectivity index (χ0v) is 20.5. The van der Waals surface area contributed by atoms with Gasteiger partial charge in [0, 0.05) is 16.6 Å². The van der Waals surface area contributed by atoms with Crippen LogP contribution in [0.4, 0.5) is 0 Å². The van der Waals surface area contributed by atoms with E-state index in [1.165, 1.54) is 83.5 Å². The molecule has 2 N–H and O–H groups in total. The third-order valence-corrected chi connectivity index (χ3v) is 5.87. The van der Waals surface area contributed by atoms with Gasteiger partial charge in [0.1, 0.15) is 0 Å². The zero-order valence-electron chi connectivity index (χ0n) is 18.1. The van der Waals surface area contributed by atoms with Gasteiger partial charge in [-0.3, -0.25) is 10.1 Å². The van der Waals surface area contributed by atoms with Gasteiger partial charge in [-0.2, -0.15) is 0 Å². The molecule has 0 unspecified atom stereocenters. The van der Waals surface area contributed by atoms with Gasteiger partial charge in [-0.05, 0) is 36.8 Å². The monoisotopic (exact) mass is 482 g/mol. The van der Waals surface area contributed by atoms with E-state index in [4.69, 9.17) is 12.2 Å². The molecule has 0 aliphatic carbocycles. The molecule has 3 nitrogen and oxygen atoms in total. The lowest BCUT2D eigenvalue weighted by molar-refractivity contribution is 0.0976. The summed E-state index contributed by atoms with van der Waals surface area (Å²) in [6, 6.07) is 7.29. The predicted octanol–water partition coefficient (Wildman–Crippen LogP) is 7.53. The minimum atomic E-state index is -0.176. The van der Waals surface area contributed by atoms with E-state index >= 15 is 0 Å². The molecule has 1 rings (SSSR count). The normalized spacial score (nSPS) is 10.7. The molecule has 0 saturated carbocycles. The van der Waals surface area contributed by atoms with Crippen molar-refractivity contribution in [2.24, 2.45) is 0 Å². The zero-order chi connectivity index (χ0) is 21.2. The third-order valence-electron chi connectivity index (χ3n) is 5.13. The summed E-state index contributed by atoms with van der Waals surface area (Å²) in [4.78, 5) is 12.1. The molecule has 0 fully saturated rings. The van der Waals surface area contributed by atoms with E-state index in [-0.39, 0.29) is 5.91 Å². The summed E-state index contributed by atoms with van der Waals surface area (Å²) in [5, 5.41) is 6.27. The van der Waals surface area contributed by atoms with Gasteiger partial charge in [-0.15, -0.1) is 0 Å². The first-order chi connectivity index (χ1) is 14.1. The third kappa shape index (κ3) is 14.6. The van der Waals surface area contributed by atoms with Gasteiger partial charge in [0.2, 0.25) is 0 Å². The van der Waals surface area contributed by atoms with Crippen molar-refractivity contribution in [1.82, 2.24) is 10.6 Å². The fraction of sp³-hybridized carbons (Fsp3) is 0.667. The molecule has 0 aliphatic rings. The van der Waals surface area contributed by atoms with Crippen molar-refractivity contribution < 1.29 is 4.79 Å². The van der Waals surface area contributed by atoms with Crippen LogP contribution in [0, 0.1) is 0 Å². The lowest BCUT2D eigenvalue weighted by Crippen LogP contribution is -2.39. The Morgan fingerprint density at radius 1 is 0.862 bits per heavy atom. The number of halogens is 1. The maximum Gasteiger partial charge on any atom is 0.257 e. The second-order valence-corrected chi connectivity index (χ2v) is 9.14. The number of amides is 1. The number of hydrogen-bond donors (Lipinski definition) is 2. The first-order valence-electron chi connectivity index (χ1n) is 11.5. The Morgan fingerprint density at radius 3 is 1.90 bits per heavy atom. The summed E-state index contributed by atoms with van der Waals surface area (Å²) in [7, 11) is 0. The van der Waals surface area contributed by atoms with Crippen molar-refractivity contribution in [3.8, 4) is 0 Å². The smallest absolute Gasteiger partial charge is 0.257 e. The molecule has 1 aromatic carbocycles. The van der Waals surface area contributed by atoms with Crippen molar-refractivity contribution in [3.63, 3.8) is 0 Å². The molecule has 5 heteroatoms. The fourth-order valence-electron chi connectivity index (χ4n) is 3.37. The average molecular weight is 484 g/mol. The molecule has 0 aliphatic heterocycles. The van der Waals surface area contributed by atoms with Gasteiger partial charge in [0.05, 0.1) is 0 Å². The predicted molar refractivity (Wildman–Crippen MR) is 133 cm³/mol. The fourth-order valence-corrected chi connectivity index (χ4v) is 3.96. The number of benzene rings is 1. The van der Waals surface area contributed by atoms with E-state index in [1.54, 1.807) is 12.1 Å². The second-order valence-electron chi connectivity index (χ2n) is 7.82. The van der Waals surface area contributed by atoms with Crippen LogP contribution in [0.2, 0.25) is 0 Å². The van der Waals surface area contributed by atoms with E-state index < -0.39 is 0 Å². The van der Waals surface area contributed by atoms with Crippen molar-refractivity contribution in [2.45, 2.75) is 96.8 Å². The molecule has 0 heterocycles. The Bertz CT molecular complexity index is 580. The molecule has 0 aromatic heterocycles. The summed E-state index contributed by atoms with van der Waals surface area (Å²) < 4.78 is 0.881. The summed E-state index contributed by atoms with van der Waals surface area (Å²) in [6.07, 6.45) is 18.9. The Balaban J connectivity index is 1.88. The molecule has 0 saturated heterocycles. The van der Waals surface area contributed by atoms with Crippen molar-refractivity contribution in [3.05, 3.63) is 34.3 Å². The Labute approximate surface area is 191 Å². The maximum atomic E-state index is 12.1. The van der Waals surface area contributed by atoms with Crippen LogP contribution >= 0.6 is 28.1 Å². The highest BCUT2D eigenvalue weighted by molar-refractivity contribution is 9.10. The molecule has 29 heavy (non-hydrogen) atoms. The van der Waals surface area contributed by atoms with Crippen LogP contribution in [0.15, 0.2) is 28.7 Å². The van der Waals surface area contributed by atoms with Crippen LogP contribution < -0.4 is 10.6 Å². The Hall–Kier alpha value is -0.940. The molecule has 164 valence electrons. The first kappa shape index (κ1) is 26.1. The number of hydrogen-bond acceptors (Lipinski definition) is 2. The molecular weight excluding hydrogens is 444 g/mol. The van der Waals surface area contributed by atoms with Crippen LogP contribution in [-0.4, -0.2) is 17.6 Å². The molecule has 0 spiro atoms. The van der Waals surface area contributed by atoms with E-state index in [9.17, 15) is 4.79 Å². The van der Waals surface area contributed by atoms with Crippen LogP contribution in [0.1, 0.15) is 107 Å². The quantitative estimate of drug-likeness (QED) is 0.189. The van der Waals surface area contributed by atoms with E-state index in [0.29, 0.717) is 10.7 Å². The molecule has 0 atom stereocenters. The summed E-state index contributed by atoms with van der Waals surface area (Å²) in [5.74, 6) is -0.176. The minimum Gasteiger partial charge on any atom is -0.362 e. The Kier molecular flexibility index (Phi) is 16.1. The maximum absolute atomic E-state index is 12.1. The van der Waals surface area contributed by atoms with Gasteiger partial charge < -0.3 is 5.32 Å². The van der Waals surface area contributed by atoms with Crippen molar-refractivity contribution >= 4 is 39.2 Å². The van der Waals surface area contributed by atoms with Gasteiger partial charge in [-0.1, -0.05) is 112 Å². The van der Waals surface area contributed by atoms with E-state index in [1.807, 2.05) is 12.1 Å². The van der Waals surface area contributed by atoms with Crippen molar-refractivity contribution in [2.75, 3.05) is 6.54 Å². The summed E-state index contributed by atoms with van der Waals surface area (Å²) >= 11 is 8.58. The van der Waals surface area contributed by atoms with Crippen LogP contribution in [0.3, 0.4) is 0 Å². The summed E-state index contributed by atoms with van der Waals surface area (Å²) in [6.45, 7) is 3.09. The summed E-state index contributed by atoms with van der Waals surface area (Å²) in [5.41, 5.74) is 0.597. The first-order valence-corrected chi connectivity index (χ1v) is 12.7. The molecule has 1 amide bonds. The molecular formula is C24H39BrN2OS. The average Bonchev–Trinajstić information content (AvgIpc) is 2.71. The standard InChI is InChI=1S/C24H39BrN2OS/c1-2-3-4-5-6-7-8-9-10-11-12-13-14-15-19-26-24(29)27-23(28)21-17-16-18-22(25)20-21/h16-18,20H,2-15,19H2,1H3,(H2,26,27,28,29). The highest BCUT2D eigenvalue weighted by atomic mass is 79.9. The lowest BCUT2D eigenvalue weighted by Gasteiger charge is -2.09. The van der Waals surface area contributed by atoms with E-state index in [0.717, 1.165) is 17.4 Å². The number of carbonyl (C=O) groups is 1. The Morgan fingerprint density at radius 2 is 1.38 bits per heavy atom. The number of carbonyl (C=O) groups excluding carboxylic acids is 1.